The van der Waals surface area contributed by atoms with Gasteiger partial charge in [0.15, 0.2) is 0 Å². The molecule has 0 N–H and O–H groups in total. The molecule has 0 aliphatic carbocycles. The Morgan fingerprint density at radius 1 is 1.21 bits per heavy atom. The molecule has 0 bridgehead atoms. The van der Waals surface area contributed by atoms with Crippen molar-refractivity contribution in [2.24, 2.45) is 0 Å². The van der Waals surface area contributed by atoms with Gasteiger partial charge < -0.3 is 4.90 Å². The molecule has 2 heteroatoms. The van der Waals surface area contributed by atoms with E-state index in [1.165, 1.54) is 5.69 Å². The van der Waals surface area contributed by atoms with Crippen LogP contribution in [0.5, 0.6) is 0 Å². The van der Waals surface area contributed by atoms with Crippen LogP contribution in [0, 0.1) is 11.3 Å². The van der Waals surface area contributed by atoms with Crippen molar-refractivity contribution < 1.29 is 0 Å². The van der Waals surface area contributed by atoms with E-state index in [9.17, 15) is 0 Å². The van der Waals surface area contributed by atoms with Gasteiger partial charge in [-0.05, 0) is 18.6 Å². The largest absolute Gasteiger partial charge is 0.367 e. The summed E-state index contributed by atoms with van der Waals surface area (Å²) in [5, 5.41) is 8.71. The molecule has 2 rings (SSSR count). The Morgan fingerprint density at radius 2 is 2.00 bits per heavy atom. The van der Waals surface area contributed by atoms with E-state index < -0.39 is 0 Å². The summed E-state index contributed by atoms with van der Waals surface area (Å²) >= 11 is 0. The number of rotatable bonds is 1. The highest BCUT2D eigenvalue weighted by molar-refractivity contribution is 5.48. The van der Waals surface area contributed by atoms with Crippen molar-refractivity contribution >= 4 is 5.69 Å². The van der Waals surface area contributed by atoms with E-state index in [4.69, 9.17) is 5.26 Å². The number of hydrogen-bond acceptors (Lipinski definition) is 2. The van der Waals surface area contributed by atoms with Gasteiger partial charge in [-0.1, -0.05) is 24.3 Å². The Kier molecular flexibility index (Phi) is 2.51. The molecule has 0 atom stereocenters. The van der Waals surface area contributed by atoms with Crippen LogP contribution in [0.4, 0.5) is 5.69 Å². The summed E-state index contributed by atoms with van der Waals surface area (Å²) in [5.41, 5.74) is 2.15. The maximum Gasteiger partial charge on any atom is 0.0945 e. The Labute approximate surface area is 84.1 Å². The van der Waals surface area contributed by atoms with Crippen molar-refractivity contribution in [1.82, 2.24) is 0 Å². The van der Waals surface area contributed by atoms with Gasteiger partial charge in [-0.15, -0.1) is 0 Å². The second-order valence-electron chi connectivity index (χ2n) is 3.37. The van der Waals surface area contributed by atoms with Crippen LogP contribution in [0.2, 0.25) is 0 Å². The molecule has 1 aromatic rings. The van der Waals surface area contributed by atoms with Gasteiger partial charge in [0.2, 0.25) is 0 Å². The zero-order valence-corrected chi connectivity index (χ0v) is 7.98. The summed E-state index contributed by atoms with van der Waals surface area (Å²) in [7, 11) is 0. The van der Waals surface area contributed by atoms with Gasteiger partial charge in [-0.3, -0.25) is 0 Å². The lowest BCUT2D eigenvalue weighted by atomic mass is 10.1. The molecule has 0 spiro atoms. The van der Waals surface area contributed by atoms with Gasteiger partial charge in [-0.2, -0.15) is 5.26 Å². The molecular weight excluding hydrogens is 172 g/mol. The average molecular weight is 184 g/mol. The lowest BCUT2D eigenvalue weighted by molar-refractivity contribution is 0.802. The second-order valence-corrected chi connectivity index (χ2v) is 3.37. The number of para-hydroxylation sites is 1. The molecule has 0 saturated carbocycles. The number of anilines is 1. The third-order valence-electron chi connectivity index (χ3n) is 2.47. The fraction of sp³-hybridized carbons (Fsp3) is 0.250. The fourth-order valence-electron chi connectivity index (χ4n) is 1.64. The fourth-order valence-corrected chi connectivity index (χ4v) is 1.64. The van der Waals surface area contributed by atoms with Gasteiger partial charge in [0.1, 0.15) is 0 Å². The first kappa shape index (κ1) is 8.83. The highest BCUT2D eigenvalue weighted by atomic mass is 15.1. The van der Waals surface area contributed by atoms with Crippen molar-refractivity contribution in [1.29, 1.82) is 5.26 Å². The summed E-state index contributed by atoms with van der Waals surface area (Å²) in [5.74, 6) is 0. The van der Waals surface area contributed by atoms with Crippen molar-refractivity contribution in [2.45, 2.75) is 6.42 Å². The summed E-state index contributed by atoms with van der Waals surface area (Å²) in [6.45, 7) is 1.80. The van der Waals surface area contributed by atoms with Crippen LogP contribution in [0.1, 0.15) is 6.42 Å². The second kappa shape index (κ2) is 3.97. The Morgan fingerprint density at radius 3 is 2.57 bits per heavy atom. The van der Waals surface area contributed by atoms with Crippen LogP contribution < -0.4 is 4.90 Å². The van der Waals surface area contributed by atoms with Gasteiger partial charge in [0.05, 0.1) is 6.07 Å². The topological polar surface area (TPSA) is 27.0 Å². The number of benzene rings is 1. The highest BCUT2D eigenvalue weighted by Crippen LogP contribution is 2.18. The zero-order valence-electron chi connectivity index (χ0n) is 7.98. The van der Waals surface area contributed by atoms with Crippen molar-refractivity contribution in [3.63, 3.8) is 0 Å². The summed E-state index contributed by atoms with van der Waals surface area (Å²) in [6.07, 6.45) is 2.88. The van der Waals surface area contributed by atoms with Crippen molar-refractivity contribution in [2.75, 3.05) is 18.0 Å². The van der Waals surface area contributed by atoms with E-state index in [0.29, 0.717) is 0 Å². The molecule has 0 radical (unpaired) electrons. The van der Waals surface area contributed by atoms with Crippen LogP contribution in [0.15, 0.2) is 42.0 Å². The van der Waals surface area contributed by atoms with E-state index >= 15 is 0 Å². The molecule has 1 aliphatic rings. The lowest BCUT2D eigenvalue weighted by Gasteiger charge is -2.26. The molecule has 0 unspecified atom stereocenters. The zero-order chi connectivity index (χ0) is 9.80. The number of nitriles is 1. The van der Waals surface area contributed by atoms with E-state index in [-0.39, 0.29) is 0 Å². The summed E-state index contributed by atoms with van der Waals surface area (Å²) in [4.78, 5) is 2.28. The standard InChI is InChI=1S/C12H12N2/c13-10-11-6-8-14(9-7-11)12-4-2-1-3-5-12/h1-6H,7-9H2. The molecular formula is C12H12N2. The quantitative estimate of drug-likeness (QED) is 0.669. The van der Waals surface area contributed by atoms with Gasteiger partial charge >= 0.3 is 0 Å². The molecule has 0 fully saturated rings. The van der Waals surface area contributed by atoms with E-state index in [1.807, 2.05) is 24.3 Å². The van der Waals surface area contributed by atoms with Crippen LogP contribution in [-0.4, -0.2) is 13.1 Å². The third kappa shape index (κ3) is 1.77. The van der Waals surface area contributed by atoms with Crippen LogP contribution in [0.25, 0.3) is 0 Å². The first-order valence-corrected chi connectivity index (χ1v) is 4.79. The van der Waals surface area contributed by atoms with Crippen LogP contribution >= 0.6 is 0 Å². The minimum atomic E-state index is 0.854. The number of nitrogens with zero attached hydrogens (tertiary/aromatic N) is 2. The van der Waals surface area contributed by atoms with Crippen molar-refractivity contribution in [3.8, 4) is 6.07 Å². The SMILES string of the molecule is N#CC1=CCN(c2ccccc2)CC1. The Bertz CT molecular complexity index is 373. The summed E-state index contributed by atoms with van der Waals surface area (Å²) < 4.78 is 0. The van der Waals surface area contributed by atoms with Gasteiger partial charge in [-0.25, -0.2) is 0 Å². The van der Waals surface area contributed by atoms with E-state index in [1.54, 1.807) is 0 Å². The van der Waals surface area contributed by atoms with Gasteiger partial charge in [0, 0.05) is 24.4 Å². The maximum atomic E-state index is 8.71. The number of hydrogen-bond donors (Lipinski definition) is 0. The van der Waals surface area contributed by atoms with Gasteiger partial charge in [0.25, 0.3) is 0 Å². The van der Waals surface area contributed by atoms with E-state index in [2.05, 4.69) is 23.1 Å². The lowest BCUT2D eigenvalue weighted by Crippen LogP contribution is -2.28. The molecule has 1 aromatic carbocycles. The average Bonchev–Trinajstić information content (AvgIpc) is 2.30. The van der Waals surface area contributed by atoms with Crippen LogP contribution in [0.3, 0.4) is 0 Å². The monoisotopic (exact) mass is 184 g/mol. The predicted octanol–water partition coefficient (Wildman–Crippen LogP) is 2.35. The molecule has 0 amide bonds. The highest BCUT2D eigenvalue weighted by Gasteiger charge is 2.10. The third-order valence-corrected chi connectivity index (χ3v) is 2.47. The summed E-state index contributed by atoms with van der Waals surface area (Å²) in [6, 6.07) is 12.5. The minimum absolute atomic E-state index is 0.854. The molecule has 1 heterocycles. The molecule has 0 aromatic heterocycles. The smallest absolute Gasteiger partial charge is 0.0945 e. The van der Waals surface area contributed by atoms with Crippen molar-refractivity contribution in [3.05, 3.63) is 42.0 Å². The molecule has 70 valence electrons. The molecule has 1 aliphatic heterocycles. The molecule has 0 saturated heterocycles. The van der Waals surface area contributed by atoms with Crippen LogP contribution in [-0.2, 0) is 0 Å². The minimum Gasteiger partial charge on any atom is -0.367 e. The van der Waals surface area contributed by atoms with E-state index in [0.717, 1.165) is 25.1 Å². The Balaban J connectivity index is 2.11. The molecule has 2 nitrogen and oxygen atoms in total. The first-order valence-electron chi connectivity index (χ1n) is 4.79. The Hall–Kier alpha value is -1.75. The normalized spacial score (nSPS) is 15.9. The predicted molar refractivity (Wildman–Crippen MR) is 57.0 cm³/mol. The molecule has 14 heavy (non-hydrogen) atoms. The maximum absolute atomic E-state index is 8.71. The first-order chi connectivity index (χ1) is 6.90.